The van der Waals surface area contributed by atoms with E-state index in [0.717, 1.165) is 0 Å². The lowest BCUT2D eigenvalue weighted by Gasteiger charge is -2.28. The number of carbonyl (C=O) groups excluding carboxylic acids is 7. The summed E-state index contributed by atoms with van der Waals surface area (Å²) in [6.07, 6.45) is -0.959. The zero-order valence-electron chi connectivity index (χ0n) is 26.6. The van der Waals surface area contributed by atoms with Crippen molar-refractivity contribution in [1.82, 2.24) is 26.6 Å². The maximum absolute atomic E-state index is 13.5. The van der Waals surface area contributed by atoms with Gasteiger partial charge in [-0.2, -0.15) is 12.6 Å². The lowest BCUT2D eigenvalue weighted by atomic mass is 9.96. The van der Waals surface area contributed by atoms with Crippen LogP contribution in [0.2, 0.25) is 0 Å². The van der Waals surface area contributed by atoms with E-state index in [2.05, 4.69) is 39.2 Å². The quantitative estimate of drug-likeness (QED) is 0.0561. The molecule has 18 nitrogen and oxygen atoms in total. The van der Waals surface area contributed by atoms with Crippen LogP contribution in [-0.4, -0.2) is 100 Å². The van der Waals surface area contributed by atoms with Gasteiger partial charge in [0.15, 0.2) is 0 Å². The molecule has 0 unspecified atom stereocenters. The predicted molar refractivity (Wildman–Crippen MR) is 174 cm³/mol. The van der Waals surface area contributed by atoms with E-state index < -0.39 is 96.4 Å². The maximum Gasteiger partial charge on any atom is 0.322 e. The lowest BCUT2D eigenvalue weighted by Crippen LogP contribution is -2.60. The smallest absolute Gasteiger partial charge is 0.322 e. The molecule has 6 atom stereocenters. The third kappa shape index (κ3) is 14.7. The van der Waals surface area contributed by atoms with Gasteiger partial charge in [0.25, 0.3) is 0 Å². The average molecular weight is 697 g/mol. The molecule has 7 amide bonds. The second-order valence-corrected chi connectivity index (χ2v) is 11.4. The van der Waals surface area contributed by atoms with Gasteiger partial charge in [-0.3, -0.25) is 38.4 Å². The van der Waals surface area contributed by atoms with Crippen molar-refractivity contribution in [3.8, 4) is 5.75 Å². The Bertz CT molecular complexity index is 1330. The summed E-state index contributed by atoms with van der Waals surface area (Å²) in [5, 5.41) is 29.9. The Morgan fingerprint density at radius 3 is 1.88 bits per heavy atom. The molecule has 0 aliphatic heterocycles. The second kappa shape index (κ2) is 20.4. The molecule has 0 spiro atoms. The number of thiol groups is 1. The van der Waals surface area contributed by atoms with Crippen LogP contribution in [0.1, 0.15) is 45.1 Å². The molecular weight excluding hydrogens is 652 g/mol. The number of carboxylic acid groups (broad SMARTS) is 1. The Kier molecular flexibility index (Phi) is 17.4. The van der Waals surface area contributed by atoms with Crippen molar-refractivity contribution in [1.29, 1.82) is 0 Å². The minimum atomic E-state index is -1.67. The van der Waals surface area contributed by atoms with Gasteiger partial charge in [0, 0.05) is 12.2 Å². The molecule has 0 saturated carbocycles. The molecule has 0 radical (unpaired) electrons. The van der Waals surface area contributed by atoms with Gasteiger partial charge in [0.2, 0.25) is 41.4 Å². The molecule has 13 N–H and O–H groups in total. The van der Waals surface area contributed by atoms with Crippen LogP contribution in [0.4, 0.5) is 0 Å². The summed E-state index contributed by atoms with van der Waals surface area (Å²) < 4.78 is 0. The Morgan fingerprint density at radius 1 is 0.792 bits per heavy atom. The molecule has 1 aromatic rings. The Balaban J connectivity index is 3.16. The standard InChI is InChI=1S/C29H44N8O10S/c1-3-14(2)24(37-25(43)17(30)10-15-4-6-16(38)7-5-15)29(47)34-18(8-9-21(31)39)27(45)35-19(11-22(32)40)28(46)36-20(13-48)26(44)33-12-23(41)42/h4-7,14,17-20,24,38,48H,3,8-13,30H2,1-2H3,(H2,31,39)(H2,32,40)(H,33,44)(H,34,47)(H,35,45)(H,36,46)(H,37,43)(H,41,42)/t14-,17-,18-,19-,20-,24-/m0/s1. The van der Waals surface area contributed by atoms with Crippen molar-refractivity contribution < 1.29 is 48.6 Å². The van der Waals surface area contributed by atoms with Crippen molar-refractivity contribution in [3.63, 3.8) is 0 Å². The van der Waals surface area contributed by atoms with Gasteiger partial charge in [-0.05, 0) is 36.5 Å². The zero-order valence-corrected chi connectivity index (χ0v) is 27.5. The van der Waals surface area contributed by atoms with E-state index >= 15 is 0 Å². The van der Waals surface area contributed by atoms with E-state index in [4.69, 9.17) is 22.3 Å². The Hall–Kier alpha value is -4.91. The van der Waals surface area contributed by atoms with E-state index in [1.807, 2.05) is 0 Å². The number of primary amides is 2. The number of hydrogen-bond donors (Lipinski definition) is 11. The van der Waals surface area contributed by atoms with Crippen LogP contribution in [-0.2, 0) is 44.8 Å². The monoisotopic (exact) mass is 696 g/mol. The number of nitrogens with one attached hydrogen (secondary N) is 5. The highest BCUT2D eigenvalue weighted by Crippen LogP contribution is 2.13. The number of aromatic hydroxyl groups is 1. The molecule has 0 aliphatic rings. The first kappa shape index (κ1) is 41.1. The molecular formula is C29H44N8O10S. The number of amides is 7. The third-order valence-corrected chi connectivity index (χ3v) is 7.47. The molecule has 0 aliphatic carbocycles. The summed E-state index contributed by atoms with van der Waals surface area (Å²) in [5.74, 6) is -8.38. The van der Waals surface area contributed by atoms with Crippen molar-refractivity contribution in [3.05, 3.63) is 29.8 Å². The molecule has 48 heavy (non-hydrogen) atoms. The predicted octanol–water partition coefficient (Wildman–Crippen LogP) is -3.48. The fourth-order valence-corrected chi connectivity index (χ4v) is 4.45. The molecule has 0 aromatic heterocycles. The van der Waals surface area contributed by atoms with Crippen LogP contribution < -0.4 is 43.8 Å². The summed E-state index contributed by atoms with van der Waals surface area (Å²) in [6, 6.07) is -0.764. The highest BCUT2D eigenvalue weighted by molar-refractivity contribution is 7.80. The van der Waals surface area contributed by atoms with Gasteiger partial charge in [-0.25, -0.2) is 0 Å². The normalized spacial score (nSPS) is 14.5. The molecule has 19 heteroatoms. The van der Waals surface area contributed by atoms with Gasteiger partial charge >= 0.3 is 5.97 Å². The molecule has 0 heterocycles. The van der Waals surface area contributed by atoms with Crippen LogP contribution in [0.15, 0.2) is 24.3 Å². The number of benzene rings is 1. The number of phenols is 1. The number of phenolic OH excluding ortho intramolecular Hbond substituents is 1. The van der Waals surface area contributed by atoms with Crippen LogP contribution in [0.3, 0.4) is 0 Å². The molecule has 0 bridgehead atoms. The average Bonchev–Trinajstić information content (AvgIpc) is 3.02. The SMILES string of the molecule is CC[C@H](C)[C@H](NC(=O)[C@@H](N)Cc1ccc(O)cc1)C(=O)N[C@@H](CCC(N)=O)C(=O)N[C@@H](CC(N)=O)C(=O)N[C@@H](CS)C(=O)NCC(=O)O. The number of aliphatic carboxylic acids is 1. The number of nitrogens with two attached hydrogens (primary N) is 3. The van der Waals surface area contributed by atoms with E-state index in [1.165, 1.54) is 12.1 Å². The topological polar surface area (TPSA) is 315 Å². The Morgan fingerprint density at radius 2 is 1.35 bits per heavy atom. The minimum absolute atomic E-state index is 0.0315. The number of carboxylic acids is 1. The van der Waals surface area contributed by atoms with Gasteiger partial charge in [0.1, 0.15) is 36.5 Å². The van der Waals surface area contributed by atoms with E-state index in [0.29, 0.717) is 12.0 Å². The third-order valence-electron chi connectivity index (χ3n) is 7.10. The van der Waals surface area contributed by atoms with Crippen molar-refractivity contribution in [2.45, 2.75) is 76.2 Å². The van der Waals surface area contributed by atoms with Crippen molar-refractivity contribution >= 4 is 59.9 Å². The van der Waals surface area contributed by atoms with E-state index in [9.17, 15) is 43.5 Å². The van der Waals surface area contributed by atoms with E-state index in [1.54, 1.807) is 26.0 Å². The van der Waals surface area contributed by atoms with Gasteiger partial charge in [-0.15, -0.1) is 0 Å². The Labute approximate surface area is 282 Å². The van der Waals surface area contributed by atoms with Gasteiger partial charge < -0.3 is 54.0 Å². The summed E-state index contributed by atoms with van der Waals surface area (Å²) in [4.78, 5) is 99.2. The summed E-state index contributed by atoms with van der Waals surface area (Å²) in [7, 11) is 0. The number of rotatable bonds is 21. The van der Waals surface area contributed by atoms with E-state index in [-0.39, 0.29) is 30.8 Å². The molecule has 0 fully saturated rings. The number of carbonyl (C=O) groups is 8. The highest BCUT2D eigenvalue weighted by Gasteiger charge is 2.34. The second-order valence-electron chi connectivity index (χ2n) is 11.0. The van der Waals surface area contributed by atoms with Crippen molar-refractivity contribution in [2.24, 2.45) is 23.1 Å². The highest BCUT2D eigenvalue weighted by atomic mass is 32.1. The zero-order chi connectivity index (χ0) is 36.6. The number of hydrogen-bond acceptors (Lipinski definition) is 11. The minimum Gasteiger partial charge on any atom is -0.508 e. The van der Waals surface area contributed by atoms with Crippen LogP contribution in [0.5, 0.6) is 5.75 Å². The first-order valence-electron chi connectivity index (χ1n) is 14.9. The molecule has 266 valence electrons. The largest absolute Gasteiger partial charge is 0.508 e. The summed E-state index contributed by atoms with van der Waals surface area (Å²) in [6.45, 7) is 2.69. The lowest BCUT2D eigenvalue weighted by molar-refractivity contribution is -0.138. The van der Waals surface area contributed by atoms with Crippen LogP contribution >= 0.6 is 12.6 Å². The first-order valence-corrected chi connectivity index (χ1v) is 15.5. The maximum atomic E-state index is 13.5. The summed E-state index contributed by atoms with van der Waals surface area (Å²) >= 11 is 3.97. The first-order chi connectivity index (χ1) is 22.5. The van der Waals surface area contributed by atoms with Gasteiger partial charge in [0.05, 0.1) is 12.5 Å². The fraction of sp³-hybridized carbons (Fsp3) is 0.517. The fourth-order valence-electron chi connectivity index (χ4n) is 4.19. The van der Waals surface area contributed by atoms with Crippen LogP contribution in [0, 0.1) is 5.92 Å². The van der Waals surface area contributed by atoms with Gasteiger partial charge in [-0.1, -0.05) is 32.4 Å². The summed E-state index contributed by atoms with van der Waals surface area (Å²) in [5.41, 5.74) is 17.2. The molecule has 1 aromatic carbocycles. The molecule has 0 saturated heterocycles. The van der Waals surface area contributed by atoms with Crippen molar-refractivity contribution in [2.75, 3.05) is 12.3 Å². The molecule has 1 rings (SSSR count). The van der Waals surface area contributed by atoms with Crippen LogP contribution in [0.25, 0.3) is 0 Å².